The number of carbonyl (C=O) groups is 2. The van der Waals surface area contributed by atoms with Gasteiger partial charge in [0.2, 0.25) is 6.41 Å². The van der Waals surface area contributed by atoms with Crippen LogP contribution in [0.15, 0.2) is 12.3 Å². The molecule has 0 aromatic carbocycles. The van der Waals surface area contributed by atoms with Gasteiger partial charge in [-0.2, -0.15) is 0 Å². The molecule has 6 heteroatoms. The molecule has 1 unspecified atom stereocenters. The standard InChI is InChI=1S/C11H11ClN2O3/c12-10(16)9-7(8-2-1-5-17-8)3-4-13-11(9)14-6-15/h3-4,6,8H,1-2,5H2,(H,13,14,15). The number of aromatic nitrogens is 1. The fourth-order valence-electron chi connectivity index (χ4n) is 1.94. The van der Waals surface area contributed by atoms with Gasteiger partial charge in [0.1, 0.15) is 5.82 Å². The third-order valence-electron chi connectivity index (χ3n) is 2.65. The molecule has 1 N–H and O–H groups in total. The number of nitrogens with one attached hydrogen (secondary N) is 1. The van der Waals surface area contributed by atoms with Gasteiger partial charge in [-0.15, -0.1) is 0 Å². The van der Waals surface area contributed by atoms with Crippen molar-refractivity contribution in [2.45, 2.75) is 18.9 Å². The summed E-state index contributed by atoms with van der Waals surface area (Å²) in [5, 5.41) is 1.72. The number of ether oxygens (including phenoxy) is 1. The first kappa shape index (κ1) is 12.0. The summed E-state index contributed by atoms with van der Waals surface area (Å²) in [5.41, 5.74) is 0.898. The molecule has 17 heavy (non-hydrogen) atoms. The van der Waals surface area contributed by atoms with E-state index in [0.717, 1.165) is 12.8 Å². The summed E-state index contributed by atoms with van der Waals surface area (Å²) in [6, 6.07) is 1.70. The lowest BCUT2D eigenvalue weighted by molar-refractivity contribution is -0.105. The first-order chi connectivity index (χ1) is 8.24. The molecule has 1 saturated heterocycles. The molecule has 1 amide bonds. The van der Waals surface area contributed by atoms with Crippen LogP contribution in [0.1, 0.15) is 34.9 Å². The molecule has 90 valence electrons. The van der Waals surface area contributed by atoms with Crippen LogP contribution in [0.3, 0.4) is 0 Å². The summed E-state index contributed by atoms with van der Waals surface area (Å²) in [7, 11) is 0. The van der Waals surface area contributed by atoms with Crippen molar-refractivity contribution in [1.29, 1.82) is 0 Å². The molecule has 1 aliphatic rings. The Bertz CT molecular complexity index is 444. The molecule has 0 radical (unpaired) electrons. The van der Waals surface area contributed by atoms with Crippen LogP contribution in [-0.2, 0) is 9.53 Å². The average Bonchev–Trinajstić information content (AvgIpc) is 2.82. The maximum Gasteiger partial charge on any atom is 0.256 e. The van der Waals surface area contributed by atoms with E-state index in [4.69, 9.17) is 16.3 Å². The molecule has 2 heterocycles. The number of hydrogen-bond acceptors (Lipinski definition) is 4. The van der Waals surface area contributed by atoms with Gasteiger partial charge in [0.15, 0.2) is 0 Å². The largest absolute Gasteiger partial charge is 0.373 e. The lowest BCUT2D eigenvalue weighted by Gasteiger charge is -2.14. The van der Waals surface area contributed by atoms with Crippen LogP contribution in [0, 0.1) is 0 Å². The lowest BCUT2D eigenvalue weighted by Crippen LogP contribution is -2.10. The number of carbonyl (C=O) groups excluding carboxylic acids is 2. The van der Waals surface area contributed by atoms with Gasteiger partial charge in [-0.25, -0.2) is 4.98 Å². The van der Waals surface area contributed by atoms with E-state index in [9.17, 15) is 9.59 Å². The van der Waals surface area contributed by atoms with Crippen LogP contribution in [0.25, 0.3) is 0 Å². The Morgan fingerprint density at radius 1 is 1.65 bits per heavy atom. The Balaban J connectivity index is 2.45. The summed E-state index contributed by atoms with van der Waals surface area (Å²) < 4.78 is 5.51. The minimum absolute atomic E-state index is 0.150. The third-order valence-corrected chi connectivity index (χ3v) is 2.84. The van der Waals surface area contributed by atoms with Crippen LogP contribution in [0.4, 0.5) is 5.82 Å². The van der Waals surface area contributed by atoms with Crippen molar-refractivity contribution < 1.29 is 14.3 Å². The zero-order chi connectivity index (χ0) is 12.3. The van der Waals surface area contributed by atoms with Crippen molar-refractivity contribution in [3.05, 3.63) is 23.4 Å². The first-order valence-electron chi connectivity index (χ1n) is 5.24. The van der Waals surface area contributed by atoms with E-state index in [2.05, 4.69) is 10.3 Å². The number of pyridine rings is 1. The molecule has 1 atom stereocenters. The zero-order valence-corrected chi connectivity index (χ0v) is 9.74. The third kappa shape index (κ3) is 2.45. The summed E-state index contributed by atoms with van der Waals surface area (Å²) in [6.07, 6.45) is 3.61. The van der Waals surface area contributed by atoms with Crippen molar-refractivity contribution in [3.63, 3.8) is 0 Å². The highest BCUT2D eigenvalue weighted by atomic mass is 35.5. The van der Waals surface area contributed by atoms with E-state index >= 15 is 0 Å². The van der Waals surface area contributed by atoms with Crippen LogP contribution in [0.2, 0.25) is 0 Å². The summed E-state index contributed by atoms with van der Waals surface area (Å²) in [5.74, 6) is 0.174. The minimum atomic E-state index is -0.645. The summed E-state index contributed by atoms with van der Waals surface area (Å²) in [4.78, 5) is 25.8. The van der Waals surface area contributed by atoms with Crippen LogP contribution >= 0.6 is 11.6 Å². The highest BCUT2D eigenvalue weighted by Gasteiger charge is 2.25. The van der Waals surface area contributed by atoms with Crippen LogP contribution < -0.4 is 5.32 Å². The number of hydrogen-bond donors (Lipinski definition) is 1. The highest BCUT2D eigenvalue weighted by molar-refractivity contribution is 6.68. The zero-order valence-electron chi connectivity index (χ0n) is 8.98. The average molecular weight is 255 g/mol. The molecular formula is C11H11ClN2O3. The maximum atomic E-state index is 11.4. The second kappa shape index (κ2) is 5.25. The van der Waals surface area contributed by atoms with E-state index < -0.39 is 5.24 Å². The normalized spacial score (nSPS) is 19.0. The van der Waals surface area contributed by atoms with E-state index in [-0.39, 0.29) is 17.5 Å². The molecule has 1 aliphatic heterocycles. The molecule has 5 nitrogen and oxygen atoms in total. The Morgan fingerprint density at radius 3 is 3.06 bits per heavy atom. The second-order valence-corrected chi connectivity index (χ2v) is 4.00. The van der Waals surface area contributed by atoms with Gasteiger partial charge in [0.25, 0.3) is 5.24 Å². The number of halogens is 1. The van der Waals surface area contributed by atoms with Crippen molar-refractivity contribution in [3.8, 4) is 0 Å². The fraction of sp³-hybridized carbons (Fsp3) is 0.364. The van der Waals surface area contributed by atoms with Gasteiger partial charge in [0, 0.05) is 12.8 Å². The Kier molecular flexibility index (Phi) is 3.71. The fourth-order valence-corrected chi connectivity index (χ4v) is 2.14. The summed E-state index contributed by atoms with van der Waals surface area (Å²) >= 11 is 5.54. The van der Waals surface area contributed by atoms with E-state index in [1.807, 2.05) is 0 Å². The topological polar surface area (TPSA) is 68.3 Å². The second-order valence-electron chi connectivity index (χ2n) is 3.66. The molecular weight excluding hydrogens is 244 g/mol. The van der Waals surface area contributed by atoms with Gasteiger partial charge in [0.05, 0.1) is 11.7 Å². The predicted molar refractivity (Wildman–Crippen MR) is 62.0 cm³/mol. The number of nitrogens with zero attached hydrogens (tertiary/aromatic N) is 1. The number of amides is 1. The van der Waals surface area contributed by atoms with Crippen molar-refractivity contribution in [2.24, 2.45) is 0 Å². The van der Waals surface area contributed by atoms with Gasteiger partial charge in [-0.3, -0.25) is 9.59 Å². The van der Waals surface area contributed by atoms with Gasteiger partial charge < -0.3 is 10.1 Å². The number of anilines is 1. The SMILES string of the molecule is O=CNc1nccc(C2CCCO2)c1C(=O)Cl. The van der Waals surface area contributed by atoms with Gasteiger partial charge in [-0.05, 0) is 36.1 Å². The molecule has 0 saturated carbocycles. The summed E-state index contributed by atoms with van der Waals surface area (Å²) in [6.45, 7) is 0.666. The van der Waals surface area contributed by atoms with E-state index in [1.54, 1.807) is 6.07 Å². The molecule has 1 fully saturated rings. The molecule has 2 rings (SSSR count). The van der Waals surface area contributed by atoms with Gasteiger partial charge in [-0.1, -0.05) is 0 Å². The molecule has 1 aromatic heterocycles. The number of rotatable bonds is 4. The molecule has 1 aromatic rings. The van der Waals surface area contributed by atoms with Crippen LogP contribution in [-0.4, -0.2) is 23.2 Å². The van der Waals surface area contributed by atoms with Gasteiger partial charge >= 0.3 is 0 Å². The van der Waals surface area contributed by atoms with E-state index in [0.29, 0.717) is 18.6 Å². The molecule has 0 spiro atoms. The Morgan fingerprint density at radius 2 is 2.47 bits per heavy atom. The highest BCUT2D eigenvalue weighted by Crippen LogP contribution is 2.33. The van der Waals surface area contributed by atoms with Crippen molar-refractivity contribution >= 4 is 29.1 Å². The Labute approximate surface area is 103 Å². The quantitative estimate of drug-likeness (QED) is 0.658. The van der Waals surface area contributed by atoms with Crippen molar-refractivity contribution in [2.75, 3.05) is 11.9 Å². The smallest absolute Gasteiger partial charge is 0.256 e. The predicted octanol–water partition coefficient (Wildman–Crippen LogP) is 1.88. The molecule has 0 aliphatic carbocycles. The monoisotopic (exact) mass is 254 g/mol. The van der Waals surface area contributed by atoms with Crippen molar-refractivity contribution in [1.82, 2.24) is 4.98 Å². The molecule has 0 bridgehead atoms. The van der Waals surface area contributed by atoms with Crippen LogP contribution in [0.5, 0.6) is 0 Å². The Hall–Kier alpha value is -1.46. The maximum absolute atomic E-state index is 11.4. The van der Waals surface area contributed by atoms with E-state index in [1.165, 1.54) is 6.20 Å². The first-order valence-corrected chi connectivity index (χ1v) is 5.62. The minimum Gasteiger partial charge on any atom is -0.373 e. The lowest BCUT2D eigenvalue weighted by atomic mass is 10.0.